The van der Waals surface area contributed by atoms with Crippen LogP contribution in [0.4, 0.5) is 0 Å². The van der Waals surface area contributed by atoms with Crippen LogP contribution >= 0.6 is 11.5 Å². The molecule has 0 aromatic carbocycles. The van der Waals surface area contributed by atoms with Crippen molar-refractivity contribution < 1.29 is 0 Å². The molecule has 0 fully saturated rings. The second-order valence-electron chi connectivity index (χ2n) is 2.71. The molecule has 1 heterocycles. The molecule has 0 aliphatic rings. The van der Waals surface area contributed by atoms with Crippen LogP contribution in [0.3, 0.4) is 0 Å². The third kappa shape index (κ3) is 2.37. The first-order chi connectivity index (χ1) is 5.74. The zero-order valence-corrected chi connectivity index (χ0v) is 7.77. The Morgan fingerprint density at radius 1 is 1.92 bits per heavy atom. The smallest absolute Gasteiger partial charge is 0.0941 e. The molecule has 1 aromatic rings. The molecule has 0 radical (unpaired) electrons. The Labute approximate surface area is 75.6 Å². The summed E-state index contributed by atoms with van der Waals surface area (Å²) in [7, 11) is 0. The van der Waals surface area contributed by atoms with Gasteiger partial charge in [-0.1, -0.05) is 10.1 Å². The van der Waals surface area contributed by atoms with Gasteiger partial charge in [-0.25, -0.2) is 0 Å². The molecule has 66 valence electrons. The number of nitrogens with zero attached hydrogens (tertiary/aromatic N) is 2. The molecule has 1 aromatic heterocycles. The van der Waals surface area contributed by atoms with Crippen molar-refractivity contribution in [3.8, 4) is 0 Å². The molecule has 0 bridgehead atoms. The number of hydrogen-bond acceptors (Lipinski definition) is 5. The number of rotatable bonds is 4. The Morgan fingerprint density at radius 3 is 3.08 bits per heavy atom. The maximum atomic E-state index is 5.36. The van der Waals surface area contributed by atoms with Crippen molar-refractivity contribution in [1.29, 1.82) is 0 Å². The van der Waals surface area contributed by atoms with Gasteiger partial charge in [-0.05, 0) is 24.9 Å². The van der Waals surface area contributed by atoms with Crippen molar-refractivity contribution in [3.05, 3.63) is 23.2 Å². The van der Waals surface area contributed by atoms with Crippen molar-refractivity contribution in [3.63, 3.8) is 0 Å². The molecule has 0 spiro atoms. The van der Waals surface area contributed by atoms with Crippen LogP contribution in [0.5, 0.6) is 0 Å². The third-order valence-corrected chi connectivity index (χ3v) is 2.01. The van der Waals surface area contributed by atoms with Crippen molar-refractivity contribution in [2.24, 2.45) is 5.84 Å². The van der Waals surface area contributed by atoms with Crippen molar-refractivity contribution in [2.45, 2.75) is 19.4 Å². The summed E-state index contributed by atoms with van der Waals surface area (Å²) in [5, 5.41) is 5.81. The highest BCUT2D eigenvalue weighted by atomic mass is 32.1. The normalized spacial score (nSPS) is 12.8. The SMILES string of the molecule is C=C(C)CC(NN)c1csnn1. The van der Waals surface area contributed by atoms with Crippen LogP contribution < -0.4 is 11.3 Å². The largest absolute Gasteiger partial charge is 0.271 e. The van der Waals surface area contributed by atoms with Gasteiger partial charge in [-0.15, -0.1) is 11.7 Å². The first kappa shape index (κ1) is 9.31. The lowest BCUT2D eigenvalue weighted by atomic mass is 10.1. The van der Waals surface area contributed by atoms with Crippen molar-refractivity contribution >= 4 is 11.5 Å². The summed E-state index contributed by atoms with van der Waals surface area (Å²) in [6.45, 7) is 5.77. The lowest BCUT2D eigenvalue weighted by Gasteiger charge is -2.11. The highest BCUT2D eigenvalue weighted by molar-refractivity contribution is 7.03. The van der Waals surface area contributed by atoms with Gasteiger partial charge in [0.05, 0.1) is 11.7 Å². The average molecular weight is 184 g/mol. The summed E-state index contributed by atoms with van der Waals surface area (Å²) in [5.41, 5.74) is 4.63. The molecule has 0 aliphatic carbocycles. The van der Waals surface area contributed by atoms with Gasteiger partial charge in [-0.3, -0.25) is 11.3 Å². The number of aromatic nitrogens is 2. The van der Waals surface area contributed by atoms with Gasteiger partial charge in [-0.2, -0.15) is 0 Å². The summed E-state index contributed by atoms with van der Waals surface area (Å²) >= 11 is 1.32. The van der Waals surface area contributed by atoms with Crippen LogP contribution in [0.1, 0.15) is 25.1 Å². The first-order valence-electron chi connectivity index (χ1n) is 3.61. The average Bonchev–Trinajstić information content (AvgIpc) is 2.51. The maximum Gasteiger partial charge on any atom is 0.0941 e. The molecule has 4 nitrogen and oxygen atoms in total. The number of hydrazine groups is 1. The van der Waals surface area contributed by atoms with Gasteiger partial charge in [0.25, 0.3) is 0 Å². The summed E-state index contributed by atoms with van der Waals surface area (Å²) in [4.78, 5) is 0. The fraction of sp³-hybridized carbons (Fsp3) is 0.429. The molecule has 3 N–H and O–H groups in total. The van der Waals surface area contributed by atoms with E-state index < -0.39 is 0 Å². The van der Waals surface area contributed by atoms with Gasteiger partial charge in [0.2, 0.25) is 0 Å². The monoisotopic (exact) mass is 184 g/mol. The predicted octanol–water partition coefficient (Wildman–Crippen LogP) is 1.01. The first-order valence-corrected chi connectivity index (χ1v) is 4.45. The van der Waals surface area contributed by atoms with Crippen molar-refractivity contribution in [1.82, 2.24) is 15.0 Å². The van der Waals surface area contributed by atoms with Gasteiger partial charge in [0.15, 0.2) is 0 Å². The van der Waals surface area contributed by atoms with Crippen LogP contribution in [0.25, 0.3) is 0 Å². The Hall–Kier alpha value is -0.780. The molecule has 1 atom stereocenters. The van der Waals surface area contributed by atoms with Crippen LogP contribution in [0.2, 0.25) is 0 Å². The Kier molecular flexibility index (Phi) is 3.33. The molecule has 0 aliphatic heterocycles. The summed E-state index contributed by atoms with van der Waals surface area (Å²) < 4.78 is 3.76. The topological polar surface area (TPSA) is 63.8 Å². The van der Waals surface area contributed by atoms with E-state index in [4.69, 9.17) is 5.84 Å². The van der Waals surface area contributed by atoms with E-state index in [9.17, 15) is 0 Å². The quantitative estimate of drug-likeness (QED) is 0.416. The zero-order chi connectivity index (χ0) is 8.97. The van der Waals surface area contributed by atoms with E-state index in [-0.39, 0.29) is 6.04 Å². The highest BCUT2D eigenvalue weighted by Gasteiger charge is 2.11. The molecule has 0 amide bonds. The zero-order valence-electron chi connectivity index (χ0n) is 6.95. The van der Waals surface area contributed by atoms with E-state index in [0.717, 1.165) is 17.7 Å². The minimum Gasteiger partial charge on any atom is -0.271 e. The van der Waals surface area contributed by atoms with Crippen LogP contribution in [0, 0.1) is 0 Å². The summed E-state index contributed by atoms with van der Waals surface area (Å²) in [5.74, 6) is 5.36. The Bertz CT molecular complexity index is 244. The predicted molar refractivity (Wildman–Crippen MR) is 49.4 cm³/mol. The van der Waals surface area contributed by atoms with Crippen LogP contribution in [-0.4, -0.2) is 9.59 Å². The van der Waals surface area contributed by atoms with Crippen LogP contribution in [0.15, 0.2) is 17.5 Å². The molecule has 0 saturated carbocycles. The fourth-order valence-corrected chi connectivity index (χ4v) is 1.43. The Morgan fingerprint density at radius 2 is 2.67 bits per heavy atom. The fourth-order valence-electron chi connectivity index (χ4n) is 0.921. The van der Waals surface area contributed by atoms with Crippen LogP contribution in [-0.2, 0) is 0 Å². The molecule has 1 rings (SSSR count). The van der Waals surface area contributed by atoms with Gasteiger partial charge in [0, 0.05) is 5.38 Å². The molecule has 5 heteroatoms. The van der Waals surface area contributed by atoms with E-state index in [1.807, 2.05) is 12.3 Å². The Balaban J connectivity index is 2.63. The molecule has 12 heavy (non-hydrogen) atoms. The van der Waals surface area contributed by atoms with E-state index >= 15 is 0 Å². The van der Waals surface area contributed by atoms with E-state index in [2.05, 4.69) is 21.6 Å². The van der Waals surface area contributed by atoms with E-state index in [1.54, 1.807) is 0 Å². The van der Waals surface area contributed by atoms with E-state index in [0.29, 0.717) is 0 Å². The number of nitrogens with one attached hydrogen (secondary N) is 1. The van der Waals surface area contributed by atoms with Gasteiger partial charge in [0.1, 0.15) is 0 Å². The maximum absolute atomic E-state index is 5.36. The third-order valence-electron chi connectivity index (χ3n) is 1.49. The minimum absolute atomic E-state index is 0.0428. The highest BCUT2D eigenvalue weighted by Crippen LogP contribution is 2.17. The molecule has 0 saturated heterocycles. The lowest BCUT2D eigenvalue weighted by Crippen LogP contribution is -2.28. The molecular weight excluding hydrogens is 172 g/mol. The lowest BCUT2D eigenvalue weighted by molar-refractivity contribution is 0.535. The molecule has 1 unspecified atom stereocenters. The number of hydrogen-bond donors (Lipinski definition) is 2. The molecular formula is C7H12N4S. The standard InChI is InChI=1S/C7H12N4S/c1-5(2)3-6(9-8)7-4-12-11-10-7/h4,6,9H,1,3,8H2,2H3. The van der Waals surface area contributed by atoms with Gasteiger partial charge >= 0.3 is 0 Å². The minimum atomic E-state index is 0.0428. The van der Waals surface area contributed by atoms with Gasteiger partial charge < -0.3 is 0 Å². The summed E-state index contributed by atoms with van der Waals surface area (Å²) in [6.07, 6.45) is 0.794. The summed E-state index contributed by atoms with van der Waals surface area (Å²) in [6, 6.07) is 0.0428. The second-order valence-corrected chi connectivity index (χ2v) is 3.32. The second kappa shape index (κ2) is 4.30. The van der Waals surface area contributed by atoms with E-state index in [1.165, 1.54) is 11.5 Å². The number of nitrogens with two attached hydrogens (primary N) is 1. The van der Waals surface area contributed by atoms with Crippen molar-refractivity contribution in [2.75, 3.05) is 0 Å².